The highest BCUT2D eigenvalue weighted by molar-refractivity contribution is 7.88. The molecule has 1 heterocycles. The van der Waals surface area contributed by atoms with Crippen LogP contribution in [0.3, 0.4) is 0 Å². The molecule has 3 N–H and O–H groups in total. The average Bonchev–Trinajstić information content (AvgIpc) is 2.41. The highest BCUT2D eigenvalue weighted by Gasteiger charge is 2.15. The van der Waals surface area contributed by atoms with Gasteiger partial charge in [0.2, 0.25) is 10.0 Å². The summed E-state index contributed by atoms with van der Waals surface area (Å²) in [5, 5.41) is 5.44. The zero-order valence-corrected chi connectivity index (χ0v) is 13.3. The van der Waals surface area contributed by atoms with Crippen LogP contribution < -0.4 is 15.4 Å². The highest BCUT2D eigenvalue weighted by Crippen LogP contribution is 2.17. The number of aromatic nitrogens is 1. The standard InChI is InChI=1S/C13H22N4O3S/c1-4-11(12-10(2)6-5-7-14-12)17-13(18)15-8-9-16-21(3,19)20/h5-7,11,16H,4,8-9H2,1-3H3,(H2,15,17,18). The Kier molecular flexibility index (Phi) is 6.57. The number of nitrogens with one attached hydrogen (secondary N) is 3. The van der Waals surface area contributed by atoms with Crippen molar-refractivity contribution in [2.24, 2.45) is 0 Å². The van der Waals surface area contributed by atoms with Crippen molar-refractivity contribution in [3.63, 3.8) is 0 Å². The lowest BCUT2D eigenvalue weighted by Crippen LogP contribution is -2.41. The summed E-state index contributed by atoms with van der Waals surface area (Å²) >= 11 is 0. The van der Waals surface area contributed by atoms with E-state index in [1.807, 2.05) is 26.0 Å². The number of urea groups is 1. The number of hydrogen-bond donors (Lipinski definition) is 3. The lowest BCUT2D eigenvalue weighted by atomic mass is 10.1. The van der Waals surface area contributed by atoms with Crippen molar-refractivity contribution in [2.75, 3.05) is 19.3 Å². The minimum atomic E-state index is -3.23. The maximum atomic E-state index is 11.8. The molecule has 2 amide bonds. The Morgan fingerprint density at radius 1 is 1.38 bits per heavy atom. The minimum absolute atomic E-state index is 0.158. The first-order valence-corrected chi connectivity index (χ1v) is 8.63. The fourth-order valence-corrected chi connectivity index (χ4v) is 2.32. The molecule has 0 saturated carbocycles. The van der Waals surface area contributed by atoms with Crippen LogP contribution in [-0.4, -0.2) is 38.8 Å². The van der Waals surface area contributed by atoms with Crippen LogP contribution in [0.4, 0.5) is 4.79 Å². The molecule has 0 aliphatic carbocycles. The first-order valence-electron chi connectivity index (χ1n) is 6.74. The van der Waals surface area contributed by atoms with E-state index in [2.05, 4.69) is 20.3 Å². The summed E-state index contributed by atoms with van der Waals surface area (Å²) in [5.41, 5.74) is 1.85. The van der Waals surface area contributed by atoms with Crippen LogP contribution in [0.1, 0.15) is 30.6 Å². The Balaban J connectivity index is 2.47. The van der Waals surface area contributed by atoms with E-state index in [1.165, 1.54) is 0 Å². The maximum absolute atomic E-state index is 11.8. The molecule has 21 heavy (non-hydrogen) atoms. The zero-order valence-electron chi connectivity index (χ0n) is 12.5. The molecule has 0 aromatic carbocycles. The average molecular weight is 314 g/mol. The molecule has 1 aromatic rings. The number of amides is 2. The number of carbonyl (C=O) groups is 1. The van der Waals surface area contributed by atoms with E-state index in [0.717, 1.165) is 17.5 Å². The lowest BCUT2D eigenvalue weighted by molar-refractivity contribution is 0.236. The fraction of sp³-hybridized carbons (Fsp3) is 0.538. The Morgan fingerprint density at radius 2 is 2.10 bits per heavy atom. The lowest BCUT2D eigenvalue weighted by Gasteiger charge is -2.18. The summed E-state index contributed by atoms with van der Waals surface area (Å²) in [7, 11) is -3.23. The van der Waals surface area contributed by atoms with Gasteiger partial charge in [-0.3, -0.25) is 4.98 Å². The fourth-order valence-electron chi connectivity index (χ4n) is 1.85. The van der Waals surface area contributed by atoms with E-state index in [4.69, 9.17) is 0 Å². The SMILES string of the molecule is CCC(NC(=O)NCCNS(C)(=O)=O)c1ncccc1C. The summed E-state index contributed by atoms with van der Waals surface area (Å²) in [4.78, 5) is 16.1. The molecule has 0 spiro atoms. The summed E-state index contributed by atoms with van der Waals surface area (Å²) in [6, 6.07) is 3.28. The zero-order chi connectivity index (χ0) is 15.9. The second-order valence-corrected chi connectivity index (χ2v) is 6.57. The van der Waals surface area contributed by atoms with Crippen LogP contribution in [0.15, 0.2) is 18.3 Å². The molecular weight excluding hydrogens is 292 g/mol. The van der Waals surface area contributed by atoms with Crippen LogP contribution in [0.2, 0.25) is 0 Å². The van der Waals surface area contributed by atoms with Gasteiger partial charge in [-0.2, -0.15) is 0 Å². The largest absolute Gasteiger partial charge is 0.337 e. The number of rotatable bonds is 7. The van der Waals surface area contributed by atoms with Gasteiger partial charge in [0.25, 0.3) is 0 Å². The molecule has 7 nitrogen and oxygen atoms in total. The van der Waals surface area contributed by atoms with E-state index in [-0.39, 0.29) is 25.2 Å². The van der Waals surface area contributed by atoms with Crippen molar-refractivity contribution in [3.05, 3.63) is 29.6 Å². The van der Waals surface area contributed by atoms with Gasteiger partial charge < -0.3 is 10.6 Å². The van der Waals surface area contributed by atoms with Gasteiger partial charge in [-0.1, -0.05) is 13.0 Å². The Hall–Kier alpha value is -1.67. The Bertz CT molecular complexity index is 575. The van der Waals surface area contributed by atoms with Crippen LogP contribution in [0.5, 0.6) is 0 Å². The second-order valence-electron chi connectivity index (χ2n) is 4.73. The normalized spacial score (nSPS) is 12.7. The van der Waals surface area contributed by atoms with Gasteiger partial charge >= 0.3 is 6.03 Å². The predicted molar refractivity (Wildman–Crippen MR) is 81.4 cm³/mol. The van der Waals surface area contributed by atoms with Gasteiger partial charge in [-0.25, -0.2) is 17.9 Å². The van der Waals surface area contributed by atoms with E-state index in [9.17, 15) is 13.2 Å². The number of hydrogen-bond acceptors (Lipinski definition) is 4. The van der Waals surface area contributed by atoms with Crippen LogP contribution in [0, 0.1) is 6.92 Å². The third kappa shape index (κ3) is 6.54. The minimum Gasteiger partial charge on any atom is -0.337 e. The molecule has 1 unspecified atom stereocenters. The Morgan fingerprint density at radius 3 is 2.67 bits per heavy atom. The van der Waals surface area contributed by atoms with Crippen LogP contribution >= 0.6 is 0 Å². The van der Waals surface area contributed by atoms with E-state index in [1.54, 1.807) is 6.20 Å². The molecule has 0 saturated heterocycles. The van der Waals surface area contributed by atoms with Gasteiger partial charge in [-0.15, -0.1) is 0 Å². The number of carbonyl (C=O) groups excluding carboxylic acids is 1. The van der Waals surface area contributed by atoms with Gasteiger partial charge in [0, 0.05) is 19.3 Å². The quantitative estimate of drug-likeness (QED) is 0.645. The third-order valence-corrected chi connectivity index (χ3v) is 3.60. The highest BCUT2D eigenvalue weighted by atomic mass is 32.2. The van der Waals surface area contributed by atoms with E-state index < -0.39 is 10.0 Å². The van der Waals surface area contributed by atoms with E-state index >= 15 is 0 Å². The van der Waals surface area contributed by atoms with Crippen LogP contribution in [0.25, 0.3) is 0 Å². The van der Waals surface area contributed by atoms with Gasteiger partial charge in [0.1, 0.15) is 0 Å². The summed E-state index contributed by atoms with van der Waals surface area (Å²) in [6.07, 6.45) is 3.48. The van der Waals surface area contributed by atoms with Gasteiger partial charge in [-0.05, 0) is 25.0 Å². The third-order valence-electron chi connectivity index (χ3n) is 2.87. The van der Waals surface area contributed by atoms with Crippen molar-refractivity contribution in [1.29, 1.82) is 0 Å². The van der Waals surface area contributed by atoms with Gasteiger partial charge in [0.05, 0.1) is 18.0 Å². The first kappa shape index (κ1) is 17.4. The van der Waals surface area contributed by atoms with Crippen molar-refractivity contribution in [3.8, 4) is 0 Å². The molecule has 1 atom stereocenters. The molecule has 0 aliphatic heterocycles. The predicted octanol–water partition coefficient (Wildman–Crippen LogP) is 0.690. The van der Waals surface area contributed by atoms with Crippen molar-refractivity contribution in [2.45, 2.75) is 26.3 Å². The summed E-state index contributed by atoms with van der Waals surface area (Å²) in [6.45, 7) is 4.28. The van der Waals surface area contributed by atoms with Crippen molar-refractivity contribution < 1.29 is 13.2 Å². The Labute approximate surface area is 125 Å². The number of sulfonamides is 1. The summed E-state index contributed by atoms with van der Waals surface area (Å²) < 4.78 is 24.1. The molecule has 1 aromatic heterocycles. The number of pyridine rings is 1. The molecule has 118 valence electrons. The second kappa shape index (κ2) is 7.94. The molecule has 1 rings (SSSR count). The number of aryl methyl sites for hydroxylation is 1. The smallest absolute Gasteiger partial charge is 0.315 e. The van der Waals surface area contributed by atoms with Crippen molar-refractivity contribution in [1.82, 2.24) is 20.3 Å². The van der Waals surface area contributed by atoms with E-state index in [0.29, 0.717) is 6.42 Å². The molecule has 8 heteroatoms. The molecule has 0 aliphatic rings. The number of nitrogens with zero attached hydrogens (tertiary/aromatic N) is 1. The summed E-state index contributed by atoms with van der Waals surface area (Å²) in [5.74, 6) is 0. The topological polar surface area (TPSA) is 100 Å². The molecule has 0 bridgehead atoms. The van der Waals surface area contributed by atoms with Crippen molar-refractivity contribution >= 4 is 16.1 Å². The maximum Gasteiger partial charge on any atom is 0.315 e. The first-order chi connectivity index (χ1) is 9.83. The van der Waals surface area contributed by atoms with Crippen LogP contribution in [-0.2, 0) is 10.0 Å². The molecule has 0 radical (unpaired) electrons. The molecular formula is C13H22N4O3S. The monoisotopic (exact) mass is 314 g/mol. The molecule has 0 fully saturated rings. The van der Waals surface area contributed by atoms with Gasteiger partial charge in [0.15, 0.2) is 0 Å².